The Labute approximate surface area is 160 Å². The lowest BCUT2D eigenvalue weighted by Crippen LogP contribution is -2.21. The molecule has 3 nitrogen and oxygen atoms in total. The molecule has 0 atom stereocenters. The van der Waals surface area contributed by atoms with Gasteiger partial charge in [-0.3, -0.25) is 0 Å². The molecule has 0 unspecified atom stereocenters. The van der Waals surface area contributed by atoms with Crippen LogP contribution in [0.15, 0.2) is 42.5 Å². The summed E-state index contributed by atoms with van der Waals surface area (Å²) in [5.41, 5.74) is 4.17. The molecule has 0 spiro atoms. The van der Waals surface area contributed by atoms with Gasteiger partial charge in [0, 0.05) is 13.0 Å². The van der Waals surface area contributed by atoms with E-state index in [4.69, 9.17) is 5.11 Å². The van der Waals surface area contributed by atoms with Gasteiger partial charge in [-0.25, -0.2) is 0 Å². The summed E-state index contributed by atoms with van der Waals surface area (Å²) in [5.74, 6) is 1.41. The van der Waals surface area contributed by atoms with E-state index >= 15 is 0 Å². The van der Waals surface area contributed by atoms with Crippen molar-refractivity contribution in [1.82, 2.24) is 0 Å². The highest BCUT2D eigenvalue weighted by Gasteiger charge is 2.23. The molecule has 5 heteroatoms. The average molecular weight is 378 g/mol. The van der Waals surface area contributed by atoms with Gasteiger partial charge in [0.25, 0.3) is 0 Å². The predicted octanol–water partition coefficient (Wildman–Crippen LogP) is 5.41. The van der Waals surface area contributed by atoms with Crippen molar-refractivity contribution in [3.05, 3.63) is 53.6 Å². The highest BCUT2D eigenvalue weighted by molar-refractivity contribution is 5.66. The summed E-state index contributed by atoms with van der Waals surface area (Å²) in [6, 6.07) is 12.9. The Morgan fingerprint density at radius 2 is 1.63 bits per heavy atom. The summed E-state index contributed by atoms with van der Waals surface area (Å²) in [4.78, 5) is 9.93. The van der Waals surface area contributed by atoms with Crippen molar-refractivity contribution in [3.8, 4) is 16.9 Å². The van der Waals surface area contributed by atoms with Crippen molar-refractivity contribution >= 4 is 6.29 Å². The highest BCUT2D eigenvalue weighted by atomic mass is 19.3. The van der Waals surface area contributed by atoms with Gasteiger partial charge < -0.3 is 14.6 Å². The van der Waals surface area contributed by atoms with Gasteiger partial charge in [0.2, 0.25) is 0 Å². The van der Waals surface area contributed by atoms with Crippen LogP contribution in [0.4, 0.5) is 8.78 Å². The first kappa shape index (κ1) is 22.8. The Hall–Kier alpha value is -2.27. The first-order chi connectivity index (χ1) is 12.9. The van der Waals surface area contributed by atoms with E-state index in [2.05, 4.69) is 17.7 Å². The van der Waals surface area contributed by atoms with Crippen LogP contribution >= 0.6 is 0 Å². The Kier molecular flexibility index (Phi) is 9.65. The number of ether oxygens (including phenoxy) is 1. The minimum absolute atomic E-state index is 0.182. The summed E-state index contributed by atoms with van der Waals surface area (Å²) in [7, 11) is 1.00. The summed E-state index contributed by atoms with van der Waals surface area (Å²) < 4.78 is 28.7. The molecule has 0 saturated heterocycles. The van der Waals surface area contributed by atoms with Crippen LogP contribution in [0, 0.1) is 25.7 Å². The van der Waals surface area contributed by atoms with Crippen molar-refractivity contribution in [2.75, 3.05) is 7.11 Å². The van der Waals surface area contributed by atoms with Crippen LogP contribution in [-0.2, 0) is 4.79 Å². The lowest BCUT2D eigenvalue weighted by atomic mass is 9.77. The number of carbonyl (C=O) groups excluding carboxylic acids is 1. The van der Waals surface area contributed by atoms with Gasteiger partial charge in [-0.1, -0.05) is 48.4 Å². The third-order valence-corrected chi connectivity index (χ3v) is 4.22. The predicted molar refractivity (Wildman–Crippen MR) is 104 cm³/mol. The second kappa shape index (κ2) is 11.4. The molecule has 2 aromatic carbocycles. The first-order valence-corrected chi connectivity index (χ1v) is 8.91. The van der Waals surface area contributed by atoms with Crippen LogP contribution in [0.3, 0.4) is 0 Å². The van der Waals surface area contributed by atoms with Gasteiger partial charge in [-0.05, 0) is 55.9 Å². The molecular weight excluding hydrogens is 350 g/mol. The topological polar surface area (TPSA) is 46.5 Å². The molecule has 0 amide bonds. The van der Waals surface area contributed by atoms with Crippen molar-refractivity contribution < 1.29 is 23.4 Å². The molecule has 0 heterocycles. The Balaban J connectivity index is 0.000000338. The molecular formula is C22H28F2O3. The van der Waals surface area contributed by atoms with E-state index in [1.807, 2.05) is 32.0 Å². The Morgan fingerprint density at radius 3 is 2.07 bits per heavy atom. The van der Waals surface area contributed by atoms with Crippen LogP contribution in [0.1, 0.15) is 30.9 Å². The van der Waals surface area contributed by atoms with E-state index in [0.29, 0.717) is 5.92 Å². The van der Waals surface area contributed by atoms with Crippen LogP contribution in [0.5, 0.6) is 5.75 Å². The van der Waals surface area contributed by atoms with E-state index in [-0.39, 0.29) is 5.75 Å². The number of halogens is 2. The summed E-state index contributed by atoms with van der Waals surface area (Å²) in [6.45, 7) is 3.41. The fraction of sp³-hybridized carbons (Fsp3) is 0.409. The second-order valence-corrected chi connectivity index (χ2v) is 6.76. The molecule has 2 aromatic rings. The van der Waals surface area contributed by atoms with Gasteiger partial charge >= 0.3 is 6.61 Å². The molecule has 27 heavy (non-hydrogen) atoms. The van der Waals surface area contributed by atoms with Gasteiger partial charge in [-0.15, -0.1) is 0 Å². The monoisotopic (exact) mass is 378 g/mol. The highest BCUT2D eigenvalue weighted by Crippen LogP contribution is 2.30. The van der Waals surface area contributed by atoms with Crippen LogP contribution in [-0.4, -0.2) is 25.1 Å². The molecule has 1 aliphatic rings. The average Bonchev–Trinajstić information content (AvgIpc) is 2.60. The molecule has 0 bridgehead atoms. The number of benzene rings is 2. The van der Waals surface area contributed by atoms with Crippen LogP contribution in [0.25, 0.3) is 11.1 Å². The third kappa shape index (κ3) is 7.87. The van der Waals surface area contributed by atoms with Gasteiger partial charge in [0.1, 0.15) is 12.0 Å². The number of carbonyl (C=O) groups is 1. The van der Waals surface area contributed by atoms with Crippen LogP contribution < -0.4 is 4.74 Å². The molecule has 148 valence electrons. The molecule has 0 aromatic heterocycles. The first-order valence-electron chi connectivity index (χ1n) is 8.91. The largest absolute Gasteiger partial charge is 0.435 e. The molecule has 1 fully saturated rings. The Bertz CT molecular complexity index is 690. The zero-order valence-electron chi connectivity index (χ0n) is 16.3. The van der Waals surface area contributed by atoms with Crippen molar-refractivity contribution in [1.29, 1.82) is 0 Å². The fourth-order valence-corrected chi connectivity index (χ4v) is 3.07. The summed E-state index contributed by atoms with van der Waals surface area (Å²) >= 11 is 0. The number of rotatable bonds is 4. The maximum absolute atomic E-state index is 12.2. The SMILES string of the molecule is CC1CC(C=O)C1.CO.Cc1cc(C)cc(-c2cccc(OC(F)F)c2)c1. The molecule has 1 N–H and O–H groups in total. The zero-order chi connectivity index (χ0) is 20.4. The standard InChI is InChI=1S/C15H14F2O.C6H10O.CH4O/c1-10-6-11(2)8-13(7-10)12-4-3-5-14(9-12)18-15(16)17;1-5-2-6(3-5)4-7;1-2/h3-9,15H,1-2H3;4-6H,2-3H2,1H3;2H,1H3. The zero-order valence-corrected chi connectivity index (χ0v) is 16.3. The van der Waals surface area contributed by atoms with E-state index in [9.17, 15) is 13.6 Å². The lowest BCUT2D eigenvalue weighted by molar-refractivity contribution is -0.114. The van der Waals surface area contributed by atoms with Crippen molar-refractivity contribution in [3.63, 3.8) is 0 Å². The van der Waals surface area contributed by atoms with Crippen molar-refractivity contribution in [2.45, 2.75) is 40.2 Å². The summed E-state index contributed by atoms with van der Waals surface area (Å²) in [5, 5.41) is 7.00. The number of aryl methyl sites for hydroxylation is 2. The van der Waals surface area contributed by atoms with Crippen molar-refractivity contribution in [2.24, 2.45) is 11.8 Å². The third-order valence-electron chi connectivity index (χ3n) is 4.22. The second-order valence-electron chi connectivity index (χ2n) is 6.76. The van der Waals surface area contributed by atoms with Gasteiger partial charge in [-0.2, -0.15) is 8.78 Å². The lowest BCUT2D eigenvalue weighted by Gasteiger charge is -2.27. The minimum atomic E-state index is -2.79. The maximum Gasteiger partial charge on any atom is 0.387 e. The van der Waals surface area contributed by atoms with E-state index in [1.165, 1.54) is 6.07 Å². The molecule has 0 aliphatic heterocycles. The minimum Gasteiger partial charge on any atom is -0.435 e. The quantitative estimate of drug-likeness (QED) is 0.724. The van der Waals surface area contributed by atoms with E-state index in [0.717, 1.165) is 54.4 Å². The number of hydrogen-bond donors (Lipinski definition) is 1. The molecule has 1 saturated carbocycles. The number of aliphatic hydroxyl groups is 1. The maximum atomic E-state index is 12.2. The molecule has 3 rings (SSSR count). The van der Waals surface area contributed by atoms with E-state index in [1.54, 1.807) is 12.1 Å². The summed E-state index contributed by atoms with van der Waals surface area (Å²) in [6.07, 6.45) is 3.33. The fourth-order valence-electron chi connectivity index (χ4n) is 3.07. The number of alkyl halides is 2. The van der Waals surface area contributed by atoms with Gasteiger partial charge in [0.15, 0.2) is 0 Å². The Morgan fingerprint density at radius 1 is 1.04 bits per heavy atom. The number of aliphatic hydroxyl groups excluding tert-OH is 1. The van der Waals surface area contributed by atoms with Crippen LogP contribution in [0.2, 0.25) is 0 Å². The molecule has 1 aliphatic carbocycles. The van der Waals surface area contributed by atoms with E-state index < -0.39 is 6.61 Å². The number of hydrogen-bond acceptors (Lipinski definition) is 3. The smallest absolute Gasteiger partial charge is 0.387 e. The molecule has 0 radical (unpaired) electrons. The van der Waals surface area contributed by atoms with Gasteiger partial charge in [0.05, 0.1) is 0 Å². The normalized spacial score (nSPS) is 17.6. The number of aldehydes is 1.